The molecule has 0 aliphatic heterocycles. The quantitative estimate of drug-likeness (QED) is 0.0151. The number of ether oxygens (including phenoxy) is 2. The molecule has 8 atom stereocenters. The van der Waals surface area contributed by atoms with Crippen LogP contribution in [0.5, 0.6) is 0 Å². The molecule has 350 valence electrons. The fourth-order valence-corrected chi connectivity index (χ4v) is 7.27. The molecule has 0 aromatic heterocycles. The topological polar surface area (TPSA) is 210 Å². The average molecular weight is 883 g/mol. The number of unbranched alkanes of at least 4 members (excludes halogenated alkanes) is 12. The summed E-state index contributed by atoms with van der Waals surface area (Å²) in [5.41, 5.74) is 0. The first-order chi connectivity index (χ1) is 29.4. The molecule has 14 heteroatoms. The average Bonchev–Trinajstić information content (AvgIpc) is 3.24. The van der Waals surface area contributed by atoms with Crippen LogP contribution in [0, 0.1) is 0 Å². The van der Waals surface area contributed by atoms with Crippen LogP contribution >= 0.6 is 7.82 Å². The van der Waals surface area contributed by atoms with Crippen molar-refractivity contribution < 1.29 is 63.1 Å². The van der Waals surface area contributed by atoms with Gasteiger partial charge in [-0.15, -0.1) is 0 Å². The zero-order valence-electron chi connectivity index (χ0n) is 36.9. The number of rotatable bonds is 36. The maximum atomic E-state index is 12.8. The van der Waals surface area contributed by atoms with Crippen molar-refractivity contribution in [2.45, 2.75) is 198 Å². The van der Waals surface area contributed by atoms with E-state index in [1.54, 1.807) is 0 Å². The summed E-state index contributed by atoms with van der Waals surface area (Å²) in [6.07, 6.45) is 32.4. The number of carbonyl (C=O) groups excluding carboxylic acids is 2. The van der Waals surface area contributed by atoms with E-state index in [2.05, 4.69) is 86.8 Å². The second-order valence-corrected chi connectivity index (χ2v) is 16.9. The third-order valence-corrected chi connectivity index (χ3v) is 11.0. The standard InChI is InChI=1S/C47H79O13P/c1-3-5-7-9-11-13-15-17-19-20-22-24-26-28-30-32-34-36-41(49)59-39(38-58-61(55,56)60-47-45(53)43(51)42(50)44(52)46(47)54)37-57-40(48)35-33-31-29-27-25-23-21-18-16-14-12-10-8-6-4-2/h11-14,17-19,21-22,24-25,27,39,42-47,50-54H,3-10,15-16,20,23,26,28-38H2,1-2H3,(H,55,56)/b13-11+,14-12+,19-17+,21-18+,24-22+,27-25+/t39-,42?,43+,44?,45?,46?,47?/m1/s1. The SMILES string of the molecule is CCCCC/C=C/C/C=C/C/C=C/CCCCCCC(=O)O[C@H](COC(=O)CCCC/C=C/C/C=C/C/C=C/CCCCC)COP(=O)(O)OC1C(O)C(O)C(O)[C@H](O)C1O. The van der Waals surface area contributed by atoms with E-state index in [4.69, 9.17) is 18.5 Å². The maximum absolute atomic E-state index is 12.8. The first-order valence-corrected chi connectivity index (χ1v) is 24.2. The summed E-state index contributed by atoms with van der Waals surface area (Å²) >= 11 is 0. The van der Waals surface area contributed by atoms with Gasteiger partial charge in [0.05, 0.1) is 6.61 Å². The van der Waals surface area contributed by atoms with Crippen LogP contribution in [0.2, 0.25) is 0 Å². The summed E-state index contributed by atoms with van der Waals surface area (Å²) in [4.78, 5) is 35.7. The number of phosphoric ester groups is 1. The van der Waals surface area contributed by atoms with Gasteiger partial charge in [0.25, 0.3) is 0 Å². The Morgan fingerprint density at radius 1 is 0.508 bits per heavy atom. The molecule has 0 heterocycles. The van der Waals surface area contributed by atoms with Gasteiger partial charge in [-0.25, -0.2) is 4.57 Å². The molecule has 0 amide bonds. The normalized spacial score (nSPS) is 22.7. The van der Waals surface area contributed by atoms with Gasteiger partial charge in [-0.2, -0.15) is 0 Å². The van der Waals surface area contributed by atoms with E-state index in [0.717, 1.165) is 77.0 Å². The van der Waals surface area contributed by atoms with Gasteiger partial charge in [0.1, 0.15) is 43.2 Å². The smallest absolute Gasteiger partial charge is 0.462 e. The Bertz CT molecular complexity index is 1340. The van der Waals surface area contributed by atoms with Crippen molar-refractivity contribution in [1.82, 2.24) is 0 Å². The van der Waals surface area contributed by atoms with Crippen LogP contribution in [-0.2, 0) is 32.7 Å². The lowest BCUT2D eigenvalue weighted by Gasteiger charge is -2.41. The van der Waals surface area contributed by atoms with E-state index >= 15 is 0 Å². The Balaban J connectivity index is 2.53. The molecule has 0 aromatic carbocycles. The van der Waals surface area contributed by atoms with Crippen LogP contribution in [0.3, 0.4) is 0 Å². The zero-order valence-corrected chi connectivity index (χ0v) is 37.8. The highest BCUT2D eigenvalue weighted by molar-refractivity contribution is 7.47. The van der Waals surface area contributed by atoms with E-state index < -0.39 is 75.7 Å². The number of phosphoric acid groups is 1. The van der Waals surface area contributed by atoms with Crippen molar-refractivity contribution in [2.24, 2.45) is 0 Å². The van der Waals surface area contributed by atoms with Crippen molar-refractivity contribution >= 4 is 19.8 Å². The van der Waals surface area contributed by atoms with Gasteiger partial charge in [0, 0.05) is 12.8 Å². The second kappa shape index (κ2) is 36.7. The van der Waals surface area contributed by atoms with Crippen LogP contribution in [-0.4, -0.2) is 98.3 Å². The molecule has 1 rings (SSSR count). The molecule has 0 spiro atoms. The number of hydrogen-bond donors (Lipinski definition) is 6. The molecule has 61 heavy (non-hydrogen) atoms. The van der Waals surface area contributed by atoms with Gasteiger partial charge in [0.2, 0.25) is 0 Å². The first-order valence-electron chi connectivity index (χ1n) is 22.7. The van der Waals surface area contributed by atoms with Gasteiger partial charge in [-0.3, -0.25) is 18.6 Å². The van der Waals surface area contributed by atoms with E-state index in [-0.39, 0.29) is 12.8 Å². The summed E-state index contributed by atoms with van der Waals surface area (Å²) in [5.74, 6) is -1.18. The van der Waals surface area contributed by atoms with Crippen LogP contribution in [0.25, 0.3) is 0 Å². The third-order valence-electron chi connectivity index (χ3n) is 10.0. The summed E-state index contributed by atoms with van der Waals surface area (Å²) < 4.78 is 33.4. The predicted molar refractivity (Wildman–Crippen MR) is 239 cm³/mol. The Labute approximate surface area is 365 Å². The second-order valence-electron chi connectivity index (χ2n) is 15.5. The predicted octanol–water partition coefficient (Wildman–Crippen LogP) is 8.72. The van der Waals surface area contributed by atoms with Gasteiger partial charge in [-0.1, -0.05) is 125 Å². The Hall–Kier alpha value is -2.71. The molecule has 13 nitrogen and oxygen atoms in total. The van der Waals surface area contributed by atoms with E-state index in [9.17, 15) is 44.6 Å². The summed E-state index contributed by atoms with van der Waals surface area (Å²) in [6, 6.07) is 0. The molecule has 6 unspecified atom stereocenters. The van der Waals surface area contributed by atoms with Gasteiger partial charge >= 0.3 is 19.8 Å². The van der Waals surface area contributed by atoms with Crippen molar-refractivity contribution in [3.8, 4) is 0 Å². The lowest BCUT2D eigenvalue weighted by Crippen LogP contribution is -2.64. The van der Waals surface area contributed by atoms with Crippen molar-refractivity contribution in [3.63, 3.8) is 0 Å². The molecule has 0 radical (unpaired) electrons. The summed E-state index contributed by atoms with van der Waals surface area (Å²) in [5, 5.41) is 50.1. The van der Waals surface area contributed by atoms with E-state index in [1.807, 2.05) is 0 Å². The monoisotopic (exact) mass is 883 g/mol. The first kappa shape index (κ1) is 56.3. The minimum absolute atomic E-state index is 0.0590. The van der Waals surface area contributed by atoms with Crippen molar-refractivity contribution in [3.05, 3.63) is 72.9 Å². The molecule has 0 saturated heterocycles. The Kier molecular flexibility index (Phi) is 33.9. The fourth-order valence-electron chi connectivity index (χ4n) is 6.30. The molecule has 1 fully saturated rings. The van der Waals surface area contributed by atoms with Crippen molar-refractivity contribution in [2.75, 3.05) is 13.2 Å². The maximum Gasteiger partial charge on any atom is 0.472 e. The Morgan fingerprint density at radius 3 is 1.36 bits per heavy atom. The highest BCUT2D eigenvalue weighted by atomic mass is 31.2. The van der Waals surface area contributed by atoms with Crippen LogP contribution < -0.4 is 0 Å². The van der Waals surface area contributed by atoms with Crippen LogP contribution in [0.4, 0.5) is 0 Å². The zero-order chi connectivity index (χ0) is 45.0. The number of allylic oxidation sites excluding steroid dienone is 12. The number of aliphatic hydroxyl groups excluding tert-OH is 5. The van der Waals surface area contributed by atoms with Crippen LogP contribution in [0.1, 0.15) is 155 Å². The van der Waals surface area contributed by atoms with Crippen molar-refractivity contribution in [1.29, 1.82) is 0 Å². The van der Waals surface area contributed by atoms with Gasteiger partial charge in [-0.05, 0) is 89.9 Å². The highest BCUT2D eigenvalue weighted by Crippen LogP contribution is 2.47. The highest BCUT2D eigenvalue weighted by Gasteiger charge is 2.51. The lowest BCUT2D eigenvalue weighted by molar-refractivity contribution is -0.220. The Morgan fingerprint density at radius 2 is 0.885 bits per heavy atom. The molecule has 0 aromatic rings. The molecule has 1 aliphatic rings. The minimum Gasteiger partial charge on any atom is -0.462 e. The third kappa shape index (κ3) is 29.3. The van der Waals surface area contributed by atoms with Crippen LogP contribution in [0.15, 0.2) is 72.9 Å². The molecule has 0 bridgehead atoms. The number of hydrogen-bond acceptors (Lipinski definition) is 12. The molecular weight excluding hydrogens is 803 g/mol. The van der Waals surface area contributed by atoms with E-state index in [1.165, 1.54) is 38.5 Å². The number of esters is 2. The molecule has 6 N–H and O–H groups in total. The summed E-state index contributed by atoms with van der Waals surface area (Å²) in [6.45, 7) is 3.17. The number of aliphatic hydroxyl groups is 5. The lowest BCUT2D eigenvalue weighted by atomic mass is 9.85. The van der Waals surface area contributed by atoms with Gasteiger partial charge in [0.15, 0.2) is 6.10 Å². The van der Waals surface area contributed by atoms with E-state index in [0.29, 0.717) is 12.8 Å². The molecule has 1 saturated carbocycles. The molecule has 1 aliphatic carbocycles. The van der Waals surface area contributed by atoms with Gasteiger partial charge < -0.3 is 39.9 Å². The largest absolute Gasteiger partial charge is 0.472 e. The minimum atomic E-state index is -5.14. The summed E-state index contributed by atoms with van der Waals surface area (Å²) in [7, 11) is -5.14. The fraction of sp³-hybridized carbons (Fsp3) is 0.702. The molecular formula is C47H79O13P. The number of carbonyl (C=O) groups is 2.